The van der Waals surface area contributed by atoms with Crippen LogP contribution in [0.4, 0.5) is 0 Å². The van der Waals surface area contributed by atoms with E-state index in [0.29, 0.717) is 6.10 Å². The van der Waals surface area contributed by atoms with Crippen LogP contribution in [0.25, 0.3) is 0 Å². The Bertz CT molecular complexity index is 143. The molecule has 1 N–H and O–H groups in total. The molecule has 0 bridgehead atoms. The Morgan fingerprint density at radius 3 is 2.60 bits per heavy atom. The number of hydrogen-bond acceptors (Lipinski definition) is 2. The lowest BCUT2D eigenvalue weighted by molar-refractivity contribution is 0.0953. The standard InChI is InChI=1S/C13H26O2/c1-3-4-7-10-13(15-2)11-8-5-6-9-12-14/h5,8,13-14H,3-4,6-7,9-12H2,1-2H3/b8-5+. The molecule has 0 aliphatic heterocycles. The van der Waals surface area contributed by atoms with E-state index in [2.05, 4.69) is 19.1 Å². The van der Waals surface area contributed by atoms with Crippen molar-refractivity contribution in [2.45, 2.75) is 58.0 Å². The van der Waals surface area contributed by atoms with Gasteiger partial charge in [0, 0.05) is 13.7 Å². The van der Waals surface area contributed by atoms with Crippen LogP contribution in [0.2, 0.25) is 0 Å². The fourth-order valence-electron chi connectivity index (χ4n) is 1.53. The van der Waals surface area contributed by atoms with E-state index in [1.54, 1.807) is 7.11 Å². The summed E-state index contributed by atoms with van der Waals surface area (Å²) in [5.41, 5.74) is 0. The topological polar surface area (TPSA) is 29.5 Å². The molecule has 2 nitrogen and oxygen atoms in total. The molecule has 2 heteroatoms. The van der Waals surface area contributed by atoms with E-state index < -0.39 is 0 Å². The predicted molar refractivity (Wildman–Crippen MR) is 65.0 cm³/mol. The summed E-state index contributed by atoms with van der Waals surface area (Å²) in [5.74, 6) is 0. The molecule has 1 unspecified atom stereocenters. The number of ether oxygens (including phenoxy) is 1. The number of allylic oxidation sites excluding steroid dienone is 1. The van der Waals surface area contributed by atoms with E-state index in [4.69, 9.17) is 9.84 Å². The Morgan fingerprint density at radius 1 is 1.20 bits per heavy atom. The third kappa shape index (κ3) is 9.95. The molecule has 15 heavy (non-hydrogen) atoms. The van der Waals surface area contributed by atoms with Gasteiger partial charge in [-0.25, -0.2) is 0 Å². The van der Waals surface area contributed by atoms with Gasteiger partial charge in [0.1, 0.15) is 0 Å². The first-order valence-corrected chi connectivity index (χ1v) is 6.13. The molecule has 0 aliphatic rings. The molecule has 0 fully saturated rings. The van der Waals surface area contributed by atoms with Crippen LogP contribution in [0.15, 0.2) is 12.2 Å². The predicted octanol–water partition coefficient (Wildman–Crippen LogP) is 3.30. The fourth-order valence-corrected chi connectivity index (χ4v) is 1.53. The molecule has 0 saturated heterocycles. The molecule has 0 aromatic rings. The first-order chi connectivity index (χ1) is 7.35. The third-order valence-electron chi connectivity index (χ3n) is 2.56. The highest BCUT2D eigenvalue weighted by molar-refractivity contribution is 4.84. The van der Waals surface area contributed by atoms with E-state index in [1.807, 2.05) is 0 Å². The van der Waals surface area contributed by atoms with Crippen molar-refractivity contribution in [3.63, 3.8) is 0 Å². The van der Waals surface area contributed by atoms with Gasteiger partial charge in [0.05, 0.1) is 6.10 Å². The van der Waals surface area contributed by atoms with Crippen molar-refractivity contribution in [3.8, 4) is 0 Å². The average molecular weight is 214 g/mol. The summed E-state index contributed by atoms with van der Waals surface area (Å²) < 4.78 is 5.40. The number of rotatable bonds is 10. The van der Waals surface area contributed by atoms with Crippen molar-refractivity contribution < 1.29 is 9.84 Å². The highest BCUT2D eigenvalue weighted by atomic mass is 16.5. The second-order valence-electron chi connectivity index (χ2n) is 3.93. The van der Waals surface area contributed by atoms with Crippen LogP contribution in [0.1, 0.15) is 51.9 Å². The molecule has 0 saturated carbocycles. The van der Waals surface area contributed by atoms with Gasteiger partial charge in [-0.05, 0) is 25.7 Å². The molecule has 0 heterocycles. The van der Waals surface area contributed by atoms with Crippen LogP contribution in [0.5, 0.6) is 0 Å². The van der Waals surface area contributed by atoms with Gasteiger partial charge in [0.15, 0.2) is 0 Å². The van der Waals surface area contributed by atoms with Crippen LogP contribution in [0, 0.1) is 0 Å². The summed E-state index contributed by atoms with van der Waals surface area (Å²) in [6.45, 7) is 2.51. The van der Waals surface area contributed by atoms with Crippen LogP contribution in [-0.4, -0.2) is 24.9 Å². The number of unbranched alkanes of at least 4 members (excludes halogenated alkanes) is 3. The van der Waals surface area contributed by atoms with Gasteiger partial charge in [-0.15, -0.1) is 0 Å². The molecule has 0 amide bonds. The van der Waals surface area contributed by atoms with Crippen molar-refractivity contribution in [3.05, 3.63) is 12.2 Å². The summed E-state index contributed by atoms with van der Waals surface area (Å²) >= 11 is 0. The largest absolute Gasteiger partial charge is 0.396 e. The van der Waals surface area contributed by atoms with E-state index in [0.717, 1.165) is 25.7 Å². The number of hydrogen-bond donors (Lipinski definition) is 1. The number of aliphatic hydroxyl groups is 1. The molecule has 90 valence electrons. The summed E-state index contributed by atoms with van der Waals surface area (Å²) in [6, 6.07) is 0. The molecule has 0 aromatic heterocycles. The van der Waals surface area contributed by atoms with Gasteiger partial charge < -0.3 is 9.84 Å². The first-order valence-electron chi connectivity index (χ1n) is 6.13. The molecule has 0 radical (unpaired) electrons. The zero-order chi connectivity index (χ0) is 11.4. The maximum absolute atomic E-state index is 8.61. The monoisotopic (exact) mass is 214 g/mol. The maximum Gasteiger partial charge on any atom is 0.0605 e. The van der Waals surface area contributed by atoms with Gasteiger partial charge in [-0.2, -0.15) is 0 Å². The lowest BCUT2D eigenvalue weighted by atomic mass is 10.1. The van der Waals surface area contributed by atoms with Crippen molar-refractivity contribution in [2.24, 2.45) is 0 Å². The molecular weight excluding hydrogens is 188 g/mol. The normalized spacial score (nSPS) is 13.5. The van der Waals surface area contributed by atoms with Gasteiger partial charge >= 0.3 is 0 Å². The lowest BCUT2D eigenvalue weighted by Crippen LogP contribution is -2.08. The number of methoxy groups -OCH3 is 1. The quantitative estimate of drug-likeness (QED) is 0.446. The minimum atomic E-state index is 0.286. The number of aliphatic hydroxyl groups excluding tert-OH is 1. The van der Waals surface area contributed by atoms with Gasteiger partial charge in [0.2, 0.25) is 0 Å². The Hall–Kier alpha value is -0.340. The Balaban J connectivity index is 3.46. The second-order valence-corrected chi connectivity index (χ2v) is 3.93. The summed E-state index contributed by atoms with van der Waals surface area (Å²) in [5, 5.41) is 8.61. The minimum absolute atomic E-state index is 0.286. The second kappa shape index (κ2) is 11.7. The highest BCUT2D eigenvalue weighted by Gasteiger charge is 2.03. The van der Waals surface area contributed by atoms with Crippen LogP contribution >= 0.6 is 0 Å². The van der Waals surface area contributed by atoms with Gasteiger partial charge in [0.25, 0.3) is 0 Å². The lowest BCUT2D eigenvalue weighted by Gasteiger charge is -2.12. The zero-order valence-corrected chi connectivity index (χ0v) is 10.2. The Labute approximate surface area is 94.3 Å². The van der Waals surface area contributed by atoms with Crippen LogP contribution in [0.3, 0.4) is 0 Å². The van der Waals surface area contributed by atoms with E-state index >= 15 is 0 Å². The molecule has 0 aliphatic carbocycles. The van der Waals surface area contributed by atoms with E-state index in [9.17, 15) is 0 Å². The van der Waals surface area contributed by atoms with Gasteiger partial charge in [-0.1, -0.05) is 38.3 Å². The van der Waals surface area contributed by atoms with E-state index in [1.165, 1.54) is 19.3 Å². The smallest absolute Gasteiger partial charge is 0.0605 e. The van der Waals surface area contributed by atoms with Gasteiger partial charge in [-0.3, -0.25) is 0 Å². The van der Waals surface area contributed by atoms with E-state index in [-0.39, 0.29) is 6.61 Å². The average Bonchev–Trinajstić information content (AvgIpc) is 2.26. The molecule has 0 rings (SSSR count). The van der Waals surface area contributed by atoms with Crippen LogP contribution < -0.4 is 0 Å². The van der Waals surface area contributed by atoms with Crippen molar-refractivity contribution in [1.29, 1.82) is 0 Å². The SMILES string of the molecule is CCCCCC(C/C=C/CCCO)OC. The summed E-state index contributed by atoms with van der Waals surface area (Å²) in [6.07, 6.45) is 12.5. The molecular formula is C13H26O2. The maximum atomic E-state index is 8.61. The minimum Gasteiger partial charge on any atom is -0.396 e. The summed E-state index contributed by atoms with van der Waals surface area (Å²) in [4.78, 5) is 0. The highest BCUT2D eigenvalue weighted by Crippen LogP contribution is 2.10. The van der Waals surface area contributed by atoms with Crippen molar-refractivity contribution in [2.75, 3.05) is 13.7 Å². The molecule has 1 atom stereocenters. The third-order valence-corrected chi connectivity index (χ3v) is 2.56. The summed E-state index contributed by atoms with van der Waals surface area (Å²) in [7, 11) is 1.79. The van der Waals surface area contributed by atoms with Crippen LogP contribution in [-0.2, 0) is 4.74 Å². The Kier molecular flexibility index (Phi) is 11.5. The molecule has 0 spiro atoms. The fraction of sp³-hybridized carbons (Fsp3) is 0.846. The zero-order valence-electron chi connectivity index (χ0n) is 10.2. The van der Waals surface area contributed by atoms with Crippen molar-refractivity contribution in [1.82, 2.24) is 0 Å². The Morgan fingerprint density at radius 2 is 2.00 bits per heavy atom. The molecule has 0 aromatic carbocycles. The van der Waals surface area contributed by atoms with Crippen molar-refractivity contribution >= 4 is 0 Å². The first kappa shape index (κ1) is 14.7.